The van der Waals surface area contributed by atoms with Gasteiger partial charge in [-0.2, -0.15) is 5.10 Å². The summed E-state index contributed by atoms with van der Waals surface area (Å²) in [6.07, 6.45) is 5.32. The molecule has 1 aliphatic heterocycles. The predicted octanol–water partition coefficient (Wildman–Crippen LogP) is 1.63. The third-order valence-corrected chi connectivity index (χ3v) is 4.65. The number of ether oxygens (including phenoxy) is 2. The second kappa shape index (κ2) is 6.89. The molecule has 1 unspecified atom stereocenters. The van der Waals surface area contributed by atoms with E-state index < -0.39 is 0 Å². The number of hydrogen-bond acceptors (Lipinski definition) is 5. The van der Waals surface area contributed by atoms with Gasteiger partial charge in [0.25, 0.3) is 5.56 Å². The van der Waals surface area contributed by atoms with E-state index in [0.717, 1.165) is 0 Å². The molecular formula is C14H20BrN3O3. The summed E-state index contributed by atoms with van der Waals surface area (Å²) in [5, 5.41) is 7.39. The number of anilines is 1. The molecule has 116 valence electrons. The lowest BCUT2D eigenvalue weighted by Gasteiger charge is -2.26. The second-order valence-electron chi connectivity index (χ2n) is 5.60. The molecule has 2 aliphatic rings. The number of halogens is 1. The first-order chi connectivity index (χ1) is 10.2. The number of hydrogen-bond donors (Lipinski definition) is 1. The Balaban J connectivity index is 1.67. The average molecular weight is 358 g/mol. The summed E-state index contributed by atoms with van der Waals surface area (Å²) in [7, 11) is 0. The summed E-state index contributed by atoms with van der Waals surface area (Å²) in [6.45, 7) is 3.08. The molecule has 7 heteroatoms. The van der Waals surface area contributed by atoms with Gasteiger partial charge in [0.15, 0.2) is 0 Å². The first kappa shape index (κ1) is 15.0. The van der Waals surface area contributed by atoms with Gasteiger partial charge in [-0.1, -0.05) is 6.42 Å². The summed E-state index contributed by atoms with van der Waals surface area (Å²) in [6, 6.07) is 0. The lowest BCUT2D eigenvalue weighted by molar-refractivity contribution is -0.0819. The molecule has 21 heavy (non-hydrogen) atoms. The SMILES string of the molecule is O=c1c(NCC2COCCO2)c(Br)cnn1CC1CCC1. The van der Waals surface area contributed by atoms with Gasteiger partial charge < -0.3 is 14.8 Å². The fraction of sp³-hybridized carbons (Fsp3) is 0.714. The zero-order chi connectivity index (χ0) is 14.7. The summed E-state index contributed by atoms with van der Waals surface area (Å²) in [4.78, 5) is 12.5. The van der Waals surface area contributed by atoms with Gasteiger partial charge in [0.05, 0.1) is 36.6 Å². The molecule has 1 atom stereocenters. The van der Waals surface area contributed by atoms with E-state index in [9.17, 15) is 4.79 Å². The largest absolute Gasteiger partial charge is 0.377 e. The highest BCUT2D eigenvalue weighted by Crippen LogP contribution is 2.27. The second-order valence-corrected chi connectivity index (χ2v) is 6.45. The van der Waals surface area contributed by atoms with Crippen molar-refractivity contribution in [2.75, 3.05) is 31.7 Å². The molecule has 1 saturated carbocycles. The maximum absolute atomic E-state index is 12.5. The van der Waals surface area contributed by atoms with Crippen molar-refractivity contribution in [2.45, 2.75) is 31.9 Å². The van der Waals surface area contributed by atoms with Crippen molar-refractivity contribution in [1.29, 1.82) is 0 Å². The highest BCUT2D eigenvalue weighted by molar-refractivity contribution is 9.10. The van der Waals surface area contributed by atoms with Crippen LogP contribution in [0.15, 0.2) is 15.5 Å². The lowest BCUT2D eigenvalue weighted by atomic mass is 9.85. The Labute approximate surface area is 131 Å². The molecule has 2 fully saturated rings. The normalized spacial score (nSPS) is 22.8. The first-order valence-electron chi connectivity index (χ1n) is 7.43. The van der Waals surface area contributed by atoms with E-state index in [2.05, 4.69) is 26.3 Å². The third-order valence-electron chi connectivity index (χ3n) is 4.04. The minimum absolute atomic E-state index is 0.0155. The Morgan fingerprint density at radius 1 is 1.43 bits per heavy atom. The van der Waals surface area contributed by atoms with Crippen molar-refractivity contribution in [3.63, 3.8) is 0 Å². The van der Waals surface area contributed by atoms with E-state index in [1.54, 1.807) is 10.9 Å². The van der Waals surface area contributed by atoms with E-state index in [4.69, 9.17) is 9.47 Å². The van der Waals surface area contributed by atoms with Crippen LogP contribution in [0.5, 0.6) is 0 Å². The van der Waals surface area contributed by atoms with Gasteiger partial charge in [-0.25, -0.2) is 4.68 Å². The monoisotopic (exact) mass is 357 g/mol. The third kappa shape index (κ3) is 3.64. The first-order valence-corrected chi connectivity index (χ1v) is 8.22. The van der Waals surface area contributed by atoms with Gasteiger partial charge in [-0.3, -0.25) is 4.79 Å². The minimum atomic E-state index is -0.0759. The van der Waals surface area contributed by atoms with Gasteiger partial charge in [0, 0.05) is 13.1 Å². The fourth-order valence-corrected chi connectivity index (χ4v) is 2.95. The van der Waals surface area contributed by atoms with Crippen molar-refractivity contribution in [1.82, 2.24) is 9.78 Å². The molecule has 1 aromatic rings. The smallest absolute Gasteiger partial charge is 0.291 e. The van der Waals surface area contributed by atoms with Crippen LogP contribution in [0.4, 0.5) is 5.69 Å². The van der Waals surface area contributed by atoms with Gasteiger partial charge in [0.1, 0.15) is 5.69 Å². The Bertz CT molecular complexity index is 539. The Kier molecular flexibility index (Phi) is 4.92. The lowest BCUT2D eigenvalue weighted by Crippen LogP contribution is -2.36. The predicted molar refractivity (Wildman–Crippen MR) is 82.6 cm³/mol. The molecule has 2 heterocycles. The van der Waals surface area contributed by atoms with Crippen LogP contribution in [-0.4, -0.2) is 42.2 Å². The van der Waals surface area contributed by atoms with Crippen LogP contribution in [0.3, 0.4) is 0 Å². The van der Waals surface area contributed by atoms with Crippen LogP contribution < -0.4 is 10.9 Å². The van der Waals surface area contributed by atoms with Gasteiger partial charge >= 0.3 is 0 Å². The maximum Gasteiger partial charge on any atom is 0.291 e. The zero-order valence-electron chi connectivity index (χ0n) is 11.9. The summed E-state index contributed by atoms with van der Waals surface area (Å²) in [5.41, 5.74) is 0.478. The summed E-state index contributed by atoms with van der Waals surface area (Å²) in [5.74, 6) is 0.597. The number of nitrogens with zero attached hydrogens (tertiary/aromatic N) is 2. The molecule has 0 amide bonds. The highest BCUT2D eigenvalue weighted by atomic mass is 79.9. The fourth-order valence-electron chi connectivity index (χ4n) is 2.55. The molecule has 0 radical (unpaired) electrons. The molecule has 3 rings (SSSR count). The van der Waals surface area contributed by atoms with Crippen molar-refractivity contribution in [3.05, 3.63) is 21.0 Å². The Morgan fingerprint density at radius 3 is 2.95 bits per heavy atom. The molecular weight excluding hydrogens is 338 g/mol. The topological polar surface area (TPSA) is 65.4 Å². The van der Waals surface area contributed by atoms with Crippen LogP contribution in [0.1, 0.15) is 19.3 Å². The quantitative estimate of drug-likeness (QED) is 0.867. The van der Waals surface area contributed by atoms with Gasteiger partial charge in [-0.15, -0.1) is 0 Å². The molecule has 0 aromatic carbocycles. The standard InChI is InChI=1S/C14H20BrN3O3/c15-12-7-17-18(8-10-2-1-3-10)14(19)13(12)16-6-11-9-20-4-5-21-11/h7,10-11,16H,1-6,8-9H2. The Hall–Kier alpha value is -0.920. The average Bonchev–Trinajstić information content (AvgIpc) is 2.45. The van der Waals surface area contributed by atoms with E-state index in [0.29, 0.717) is 49.0 Å². The van der Waals surface area contributed by atoms with Gasteiger partial charge in [-0.05, 0) is 34.7 Å². The van der Waals surface area contributed by atoms with E-state index >= 15 is 0 Å². The number of aromatic nitrogens is 2. The highest BCUT2D eigenvalue weighted by Gasteiger charge is 2.21. The van der Waals surface area contributed by atoms with Crippen molar-refractivity contribution in [3.8, 4) is 0 Å². The van der Waals surface area contributed by atoms with E-state index in [1.165, 1.54) is 19.3 Å². The van der Waals surface area contributed by atoms with Crippen molar-refractivity contribution < 1.29 is 9.47 Å². The summed E-state index contributed by atoms with van der Waals surface area (Å²) < 4.78 is 13.2. The van der Waals surface area contributed by atoms with Crippen molar-refractivity contribution >= 4 is 21.6 Å². The molecule has 1 saturated heterocycles. The minimum Gasteiger partial charge on any atom is -0.377 e. The van der Waals surface area contributed by atoms with E-state index in [1.807, 2.05) is 0 Å². The van der Waals surface area contributed by atoms with Crippen LogP contribution in [0.25, 0.3) is 0 Å². The number of rotatable bonds is 5. The molecule has 1 aromatic heterocycles. The Morgan fingerprint density at radius 2 is 2.29 bits per heavy atom. The van der Waals surface area contributed by atoms with E-state index in [-0.39, 0.29) is 11.7 Å². The van der Waals surface area contributed by atoms with Crippen LogP contribution in [0, 0.1) is 5.92 Å². The van der Waals surface area contributed by atoms with Gasteiger partial charge in [0.2, 0.25) is 0 Å². The molecule has 0 bridgehead atoms. The molecule has 1 aliphatic carbocycles. The van der Waals surface area contributed by atoms with Crippen molar-refractivity contribution in [2.24, 2.45) is 5.92 Å². The molecule has 6 nitrogen and oxygen atoms in total. The maximum atomic E-state index is 12.5. The zero-order valence-corrected chi connectivity index (χ0v) is 13.5. The summed E-state index contributed by atoms with van der Waals surface area (Å²) >= 11 is 3.39. The molecule has 1 N–H and O–H groups in total. The molecule has 0 spiro atoms. The van der Waals surface area contributed by atoms with Crippen LogP contribution in [0.2, 0.25) is 0 Å². The van der Waals surface area contributed by atoms with Crippen LogP contribution in [-0.2, 0) is 16.0 Å². The van der Waals surface area contributed by atoms with Crippen LogP contribution >= 0.6 is 15.9 Å². The number of nitrogens with one attached hydrogen (secondary N) is 1.